The van der Waals surface area contributed by atoms with Crippen LogP contribution >= 0.6 is 0 Å². The van der Waals surface area contributed by atoms with Gasteiger partial charge in [0.25, 0.3) is 5.91 Å². The molecule has 2 fully saturated rings. The maximum atomic E-state index is 12.6. The van der Waals surface area contributed by atoms with E-state index in [2.05, 4.69) is 10.1 Å². The minimum atomic E-state index is -0.118. The van der Waals surface area contributed by atoms with Gasteiger partial charge < -0.3 is 18.7 Å². The average molecular weight is 316 g/mol. The van der Waals surface area contributed by atoms with Crippen molar-refractivity contribution in [3.8, 4) is 0 Å². The van der Waals surface area contributed by atoms with Crippen molar-refractivity contribution >= 4 is 5.91 Å². The van der Waals surface area contributed by atoms with Crippen LogP contribution in [0.1, 0.15) is 41.1 Å². The van der Waals surface area contributed by atoms with Crippen LogP contribution < -0.4 is 0 Å². The number of rotatable bonds is 2. The van der Waals surface area contributed by atoms with Crippen molar-refractivity contribution in [2.45, 2.75) is 32.0 Å². The molecule has 122 valence electrons. The highest BCUT2D eigenvalue weighted by molar-refractivity contribution is 5.92. The molecule has 0 aromatic carbocycles. The Kier molecular flexibility index (Phi) is 3.45. The molecule has 1 amide bonds. The monoisotopic (exact) mass is 316 g/mol. The summed E-state index contributed by atoms with van der Waals surface area (Å²) in [7, 11) is 1.89. The van der Waals surface area contributed by atoms with Crippen LogP contribution in [0, 0.1) is 12.8 Å². The van der Waals surface area contributed by atoms with Crippen molar-refractivity contribution in [2.24, 2.45) is 13.0 Å². The van der Waals surface area contributed by atoms with Crippen LogP contribution in [0.3, 0.4) is 0 Å². The molecule has 0 aliphatic carbocycles. The van der Waals surface area contributed by atoms with E-state index in [9.17, 15) is 4.79 Å². The van der Waals surface area contributed by atoms with Crippen LogP contribution in [0.5, 0.6) is 0 Å². The fraction of sp³-hybridized carbons (Fsp3) is 0.562. The minimum absolute atomic E-state index is 0.0526. The Labute approximate surface area is 134 Å². The molecule has 7 heteroatoms. The summed E-state index contributed by atoms with van der Waals surface area (Å²) in [5.74, 6) is 1.70. The lowest BCUT2D eigenvalue weighted by Gasteiger charge is -2.34. The Morgan fingerprint density at radius 3 is 3.00 bits per heavy atom. The molecule has 0 unspecified atom stereocenters. The topological polar surface area (TPSA) is 73.4 Å². The Morgan fingerprint density at radius 2 is 2.30 bits per heavy atom. The molecule has 23 heavy (non-hydrogen) atoms. The number of piperidine rings is 1. The molecule has 7 nitrogen and oxygen atoms in total. The molecule has 2 saturated heterocycles. The molecule has 2 aliphatic heterocycles. The SMILES string of the molecule is Cc1nc([C@H]2C[C@H]3CCN(C(=O)c4cccn4C)C[C@@H]3O2)no1. The highest BCUT2D eigenvalue weighted by atomic mass is 16.5. The van der Waals surface area contributed by atoms with Crippen molar-refractivity contribution < 1.29 is 14.1 Å². The standard InChI is InChI=1S/C16H20N4O3/c1-10-17-15(18-23-10)13-8-11-5-7-20(9-14(11)22-13)16(21)12-4-3-6-19(12)2/h3-4,6,11,13-14H,5,7-9H2,1-2H3/t11-,13-,14+/m1/s1. The Hall–Kier alpha value is -2.15. The summed E-state index contributed by atoms with van der Waals surface area (Å²) in [6, 6.07) is 3.75. The molecule has 2 aromatic heterocycles. The van der Waals surface area contributed by atoms with E-state index < -0.39 is 0 Å². The number of nitrogens with zero attached hydrogens (tertiary/aromatic N) is 4. The minimum Gasteiger partial charge on any atom is -0.365 e. The van der Waals surface area contributed by atoms with Crippen LogP contribution in [0.25, 0.3) is 0 Å². The number of ether oxygens (including phenoxy) is 1. The number of aryl methyl sites for hydroxylation is 2. The maximum absolute atomic E-state index is 12.6. The molecule has 0 saturated carbocycles. The first kappa shape index (κ1) is 14.4. The first-order valence-electron chi connectivity index (χ1n) is 7.98. The third-order valence-corrected chi connectivity index (χ3v) is 4.83. The summed E-state index contributed by atoms with van der Waals surface area (Å²) in [6.07, 6.45) is 3.68. The molecule has 0 N–H and O–H groups in total. The summed E-state index contributed by atoms with van der Waals surface area (Å²) in [6.45, 7) is 3.17. The maximum Gasteiger partial charge on any atom is 0.270 e. The van der Waals surface area contributed by atoms with E-state index in [-0.39, 0.29) is 18.1 Å². The molecular weight excluding hydrogens is 296 g/mol. The molecule has 2 aliphatic rings. The van der Waals surface area contributed by atoms with Gasteiger partial charge in [0, 0.05) is 33.3 Å². The third kappa shape index (κ3) is 2.55. The van der Waals surface area contributed by atoms with E-state index in [4.69, 9.17) is 9.26 Å². The number of amides is 1. The van der Waals surface area contributed by atoms with Crippen molar-refractivity contribution in [3.05, 3.63) is 35.7 Å². The number of hydrogen-bond donors (Lipinski definition) is 0. The van der Waals surface area contributed by atoms with Gasteiger partial charge in [-0.3, -0.25) is 4.79 Å². The van der Waals surface area contributed by atoms with Crippen molar-refractivity contribution in [1.29, 1.82) is 0 Å². The lowest BCUT2D eigenvalue weighted by atomic mass is 9.91. The zero-order valence-electron chi connectivity index (χ0n) is 13.3. The first-order chi connectivity index (χ1) is 11.1. The molecule has 0 spiro atoms. The van der Waals surface area contributed by atoms with Crippen molar-refractivity contribution in [1.82, 2.24) is 19.6 Å². The number of aromatic nitrogens is 3. The molecule has 4 heterocycles. The van der Waals surface area contributed by atoms with Crippen LogP contribution in [-0.4, -0.2) is 44.7 Å². The largest absolute Gasteiger partial charge is 0.365 e. The smallest absolute Gasteiger partial charge is 0.270 e. The zero-order valence-corrected chi connectivity index (χ0v) is 13.3. The Balaban J connectivity index is 1.45. The molecule has 2 aromatic rings. The van der Waals surface area contributed by atoms with Crippen LogP contribution in [0.4, 0.5) is 0 Å². The second kappa shape index (κ2) is 5.49. The van der Waals surface area contributed by atoms with Gasteiger partial charge in [0.2, 0.25) is 11.7 Å². The fourth-order valence-electron chi connectivity index (χ4n) is 3.57. The highest BCUT2D eigenvalue weighted by Crippen LogP contribution is 2.40. The normalized spacial score (nSPS) is 27.2. The number of carbonyl (C=O) groups is 1. The molecule has 3 atom stereocenters. The van der Waals surface area contributed by atoms with Gasteiger partial charge in [-0.05, 0) is 30.9 Å². The van der Waals surface area contributed by atoms with E-state index in [0.29, 0.717) is 29.9 Å². The molecule has 0 radical (unpaired) electrons. The summed E-state index contributed by atoms with van der Waals surface area (Å²) < 4.78 is 13.0. The van der Waals surface area contributed by atoms with Gasteiger partial charge in [0.05, 0.1) is 6.10 Å². The predicted octanol–water partition coefficient (Wildman–Crippen LogP) is 1.71. The fourth-order valence-corrected chi connectivity index (χ4v) is 3.57. The van der Waals surface area contributed by atoms with Gasteiger partial charge in [0.15, 0.2) is 0 Å². The number of likely N-dealkylation sites (tertiary alicyclic amines) is 1. The van der Waals surface area contributed by atoms with Crippen LogP contribution in [-0.2, 0) is 11.8 Å². The third-order valence-electron chi connectivity index (χ3n) is 4.83. The average Bonchev–Trinajstić information content (AvgIpc) is 3.24. The van der Waals surface area contributed by atoms with E-state index in [1.807, 2.05) is 34.8 Å². The molecule has 4 rings (SSSR count). The molecule has 0 bridgehead atoms. The Morgan fingerprint density at radius 1 is 1.43 bits per heavy atom. The molecular formula is C16H20N4O3. The second-order valence-electron chi connectivity index (χ2n) is 6.37. The quantitative estimate of drug-likeness (QED) is 0.843. The summed E-state index contributed by atoms with van der Waals surface area (Å²) >= 11 is 0. The number of carbonyl (C=O) groups excluding carboxylic acids is 1. The van der Waals surface area contributed by atoms with Crippen molar-refractivity contribution in [3.63, 3.8) is 0 Å². The number of fused-ring (bicyclic) bond motifs is 1. The summed E-state index contributed by atoms with van der Waals surface area (Å²) in [5.41, 5.74) is 0.715. The highest BCUT2D eigenvalue weighted by Gasteiger charge is 2.42. The van der Waals surface area contributed by atoms with Gasteiger partial charge in [-0.1, -0.05) is 5.16 Å². The Bertz CT molecular complexity index is 722. The van der Waals surface area contributed by atoms with Crippen LogP contribution in [0.2, 0.25) is 0 Å². The van der Waals surface area contributed by atoms with Gasteiger partial charge in [-0.25, -0.2) is 0 Å². The van der Waals surface area contributed by atoms with Crippen LogP contribution in [0.15, 0.2) is 22.9 Å². The first-order valence-corrected chi connectivity index (χ1v) is 7.98. The van der Waals surface area contributed by atoms with Gasteiger partial charge in [0.1, 0.15) is 11.8 Å². The van der Waals surface area contributed by atoms with Gasteiger partial charge in [-0.15, -0.1) is 0 Å². The summed E-state index contributed by atoms with van der Waals surface area (Å²) in [4.78, 5) is 18.8. The van der Waals surface area contributed by atoms with E-state index in [1.54, 1.807) is 6.92 Å². The lowest BCUT2D eigenvalue weighted by Crippen LogP contribution is -2.45. The van der Waals surface area contributed by atoms with E-state index in [1.165, 1.54) is 0 Å². The predicted molar refractivity (Wildman–Crippen MR) is 80.7 cm³/mol. The van der Waals surface area contributed by atoms with E-state index in [0.717, 1.165) is 19.4 Å². The van der Waals surface area contributed by atoms with Crippen molar-refractivity contribution in [2.75, 3.05) is 13.1 Å². The summed E-state index contributed by atoms with van der Waals surface area (Å²) in [5, 5.41) is 3.97. The van der Waals surface area contributed by atoms with Gasteiger partial charge >= 0.3 is 0 Å². The second-order valence-corrected chi connectivity index (χ2v) is 6.37. The zero-order chi connectivity index (χ0) is 16.0. The van der Waals surface area contributed by atoms with Gasteiger partial charge in [-0.2, -0.15) is 4.98 Å². The lowest BCUT2D eigenvalue weighted by molar-refractivity contribution is -0.00771. The number of hydrogen-bond acceptors (Lipinski definition) is 5. The van der Waals surface area contributed by atoms with E-state index >= 15 is 0 Å².